The third-order valence-electron chi connectivity index (χ3n) is 5.48. The summed E-state index contributed by atoms with van der Waals surface area (Å²) in [4.78, 5) is 5.22. The van der Waals surface area contributed by atoms with Crippen molar-refractivity contribution in [3.05, 3.63) is 59.9 Å². The molecule has 0 saturated carbocycles. The molecule has 2 aromatic carbocycles. The van der Waals surface area contributed by atoms with Gasteiger partial charge in [-0.1, -0.05) is 31.2 Å². The molecule has 1 saturated heterocycles. The van der Waals surface area contributed by atoms with E-state index in [1.54, 1.807) is 18.2 Å². The summed E-state index contributed by atoms with van der Waals surface area (Å²) < 4.78 is 11.9. The molecule has 2 aliphatic heterocycles. The molecule has 3 nitrogen and oxygen atoms in total. The number of hydrogen-bond acceptors (Lipinski definition) is 3. The molecule has 0 radical (unpaired) electrons. The van der Waals surface area contributed by atoms with Gasteiger partial charge < -0.3 is 15.1 Å². The Morgan fingerprint density at radius 2 is 1.77 bits per heavy atom. The van der Waals surface area contributed by atoms with Crippen LogP contribution in [-0.4, -0.2) is 44.2 Å². The molecule has 0 amide bonds. The number of benzene rings is 2. The Hall–Kier alpha value is -2.07. The van der Waals surface area contributed by atoms with Crippen molar-refractivity contribution in [1.82, 2.24) is 4.90 Å². The van der Waals surface area contributed by atoms with E-state index in [4.69, 9.17) is 0 Å². The van der Waals surface area contributed by atoms with Gasteiger partial charge in [0.15, 0.2) is 0 Å². The van der Waals surface area contributed by atoms with E-state index in [2.05, 4.69) is 40.2 Å². The second-order valence-corrected chi connectivity index (χ2v) is 7.00. The third kappa shape index (κ3) is 4.55. The van der Waals surface area contributed by atoms with Crippen molar-refractivity contribution >= 4 is 11.4 Å². The first-order chi connectivity index (χ1) is 12.7. The van der Waals surface area contributed by atoms with Crippen molar-refractivity contribution in [3.63, 3.8) is 0 Å². The Balaban J connectivity index is 0.000000236. The average Bonchev–Trinajstić information content (AvgIpc) is 3.12. The molecule has 2 heterocycles. The van der Waals surface area contributed by atoms with Gasteiger partial charge in [-0.3, -0.25) is 0 Å². The number of nitrogens with zero attached hydrogens (tertiary/aromatic N) is 2. The van der Waals surface area contributed by atoms with Crippen molar-refractivity contribution in [2.45, 2.75) is 32.2 Å². The van der Waals surface area contributed by atoms with Crippen LogP contribution in [0, 0.1) is 5.82 Å². The van der Waals surface area contributed by atoms with Crippen molar-refractivity contribution in [3.8, 4) is 0 Å². The first-order valence-electron chi connectivity index (χ1n) is 9.71. The van der Waals surface area contributed by atoms with Crippen LogP contribution in [0.4, 0.5) is 15.8 Å². The number of likely N-dealkylation sites (tertiary alicyclic amines) is 1. The largest absolute Gasteiger partial charge is 0.388 e. The Labute approximate surface area is 156 Å². The van der Waals surface area contributed by atoms with E-state index in [0.29, 0.717) is 0 Å². The topological polar surface area (TPSA) is 18.5 Å². The second kappa shape index (κ2) is 9.04. The predicted molar refractivity (Wildman–Crippen MR) is 109 cm³/mol. The van der Waals surface area contributed by atoms with Gasteiger partial charge in [-0.25, -0.2) is 4.39 Å². The normalized spacial score (nSPS) is 17.4. The summed E-state index contributed by atoms with van der Waals surface area (Å²) in [5.74, 6) is -0.178. The van der Waals surface area contributed by atoms with Gasteiger partial charge in [0.2, 0.25) is 0 Å². The molecule has 0 unspecified atom stereocenters. The molecule has 0 aliphatic carbocycles. The Morgan fingerprint density at radius 3 is 2.35 bits per heavy atom. The van der Waals surface area contributed by atoms with Crippen LogP contribution in [0.1, 0.15) is 25.3 Å². The van der Waals surface area contributed by atoms with Gasteiger partial charge >= 0.3 is 0 Å². The summed E-state index contributed by atoms with van der Waals surface area (Å²) in [6.45, 7) is 7.20. The number of halogens is 1. The minimum absolute atomic E-state index is 0.178. The van der Waals surface area contributed by atoms with Crippen LogP contribution in [0.2, 0.25) is 0 Å². The number of nitrogens with one attached hydrogen (secondary N) is 1. The summed E-state index contributed by atoms with van der Waals surface area (Å²) in [6, 6.07) is 15.5. The highest BCUT2D eigenvalue weighted by Gasteiger charge is 2.28. The van der Waals surface area contributed by atoms with Gasteiger partial charge in [0.25, 0.3) is 0 Å². The fourth-order valence-electron chi connectivity index (χ4n) is 3.90. The summed E-state index contributed by atoms with van der Waals surface area (Å²) in [7, 11) is 2.00. The summed E-state index contributed by atoms with van der Waals surface area (Å²) in [5.41, 5.74) is 4.23. The lowest BCUT2D eigenvalue weighted by Crippen LogP contribution is -2.44. The monoisotopic (exact) mass is 355 g/mol. The summed E-state index contributed by atoms with van der Waals surface area (Å²) in [5, 5.41) is 3.26. The van der Waals surface area contributed by atoms with Crippen LogP contribution in [-0.2, 0) is 6.42 Å². The van der Waals surface area contributed by atoms with E-state index in [1.807, 2.05) is 7.05 Å². The third-order valence-corrected chi connectivity index (χ3v) is 5.48. The number of anilines is 2. The Morgan fingerprint density at radius 1 is 1.04 bits per heavy atom. The van der Waals surface area contributed by atoms with E-state index < -0.39 is 0 Å². The molecule has 4 rings (SSSR count). The minimum Gasteiger partial charge on any atom is -0.388 e. The quantitative estimate of drug-likeness (QED) is 0.880. The molecule has 1 N–H and O–H groups in total. The van der Waals surface area contributed by atoms with E-state index in [0.717, 1.165) is 6.04 Å². The molecule has 2 aliphatic rings. The Kier molecular flexibility index (Phi) is 6.51. The van der Waals surface area contributed by atoms with Crippen molar-refractivity contribution in [1.29, 1.82) is 0 Å². The molecule has 4 heteroatoms. The van der Waals surface area contributed by atoms with Crippen LogP contribution in [0.15, 0.2) is 48.5 Å². The number of piperidine rings is 1. The average molecular weight is 356 g/mol. The van der Waals surface area contributed by atoms with Crippen LogP contribution in [0.25, 0.3) is 0 Å². The zero-order valence-corrected chi connectivity index (χ0v) is 15.9. The molecule has 140 valence electrons. The van der Waals surface area contributed by atoms with Gasteiger partial charge in [-0.15, -0.1) is 0 Å². The first-order valence-corrected chi connectivity index (χ1v) is 9.71. The van der Waals surface area contributed by atoms with Crippen molar-refractivity contribution in [2.24, 2.45) is 0 Å². The van der Waals surface area contributed by atoms with Gasteiger partial charge in [0.05, 0.1) is 0 Å². The first kappa shape index (κ1) is 18.7. The smallest absolute Gasteiger partial charge is 0.123 e. The van der Waals surface area contributed by atoms with E-state index in [9.17, 15) is 4.39 Å². The molecule has 0 bridgehead atoms. The fourth-order valence-corrected chi connectivity index (χ4v) is 3.90. The Bertz CT molecular complexity index is 681. The van der Waals surface area contributed by atoms with E-state index in [1.165, 1.54) is 74.5 Å². The molecule has 26 heavy (non-hydrogen) atoms. The molecule has 0 aromatic heterocycles. The van der Waals surface area contributed by atoms with Crippen LogP contribution in [0.3, 0.4) is 0 Å². The molecule has 0 atom stereocenters. The maximum absolute atomic E-state index is 11.9. The maximum atomic E-state index is 11.9. The van der Waals surface area contributed by atoms with Gasteiger partial charge in [-0.2, -0.15) is 0 Å². The standard InChI is InChI=1S/C16H25N3.C6H5F/c1-3-18-9-7-15(8-10-18)19-11-6-13-4-5-14(17-2)12-16(13)19;7-6-4-2-1-3-5-6/h4-5,12,15,17H,3,6-11H2,1-2H3;1-5H. The highest BCUT2D eigenvalue weighted by molar-refractivity contribution is 5.66. The highest BCUT2D eigenvalue weighted by atomic mass is 19.1. The lowest BCUT2D eigenvalue weighted by atomic mass is 10.0. The molecule has 1 fully saturated rings. The van der Waals surface area contributed by atoms with E-state index >= 15 is 0 Å². The zero-order valence-electron chi connectivity index (χ0n) is 15.9. The van der Waals surface area contributed by atoms with Crippen molar-refractivity contribution < 1.29 is 4.39 Å². The SMILES string of the molecule is CCN1CCC(N2CCc3ccc(NC)cc32)CC1.Fc1ccccc1. The van der Waals surface area contributed by atoms with Gasteiger partial charge in [0.1, 0.15) is 5.82 Å². The van der Waals surface area contributed by atoms with Gasteiger partial charge in [-0.05, 0) is 55.6 Å². The summed E-state index contributed by atoms with van der Waals surface area (Å²) >= 11 is 0. The van der Waals surface area contributed by atoms with Crippen LogP contribution >= 0.6 is 0 Å². The van der Waals surface area contributed by atoms with Crippen molar-refractivity contribution in [2.75, 3.05) is 43.4 Å². The predicted octanol–water partition coefficient (Wildman–Crippen LogP) is 4.40. The van der Waals surface area contributed by atoms with E-state index in [-0.39, 0.29) is 5.82 Å². The highest BCUT2D eigenvalue weighted by Crippen LogP contribution is 2.34. The van der Waals surface area contributed by atoms with Crippen LogP contribution in [0.5, 0.6) is 0 Å². The maximum Gasteiger partial charge on any atom is 0.123 e. The zero-order chi connectivity index (χ0) is 18.4. The molecular formula is C22H30FN3. The number of hydrogen-bond donors (Lipinski definition) is 1. The minimum atomic E-state index is -0.178. The van der Waals surface area contributed by atoms with Crippen LogP contribution < -0.4 is 10.2 Å². The lowest BCUT2D eigenvalue weighted by molar-refractivity contribution is 0.219. The lowest BCUT2D eigenvalue weighted by Gasteiger charge is -2.37. The fraction of sp³-hybridized carbons (Fsp3) is 0.455. The second-order valence-electron chi connectivity index (χ2n) is 7.00. The molecule has 0 spiro atoms. The number of fused-ring (bicyclic) bond motifs is 1. The van der Waals surface area contributed by atoms with Gasteiger partial charge in [0, 0.05) is 44.1 Å². The summed E-state index contributed by atoms with van der Waals surface area (Å²) in [6.07, 6.45) is 3.85. The number of rotatable bonds is 3. The molecule has 2 aromatic rings. The molecular weight excluding hydrogens is 325 g/mol.